The first-order valence-corrected chi connectivity index (χ1v) is 18.4. The molecule has 54 heavy (non-hydrogen) atoms. The number of amides is 6. The Labute approximate surface area is 316 Å². The van der Waals surface area contributed by atoms with Crippen LogP contribution in [0, 0.1) is 0 Å². The SMILES string of the molecule is CCCNC(=O)Nc1cccc([S+]([O-])Nc2cccc(C(CC(=O)O)NC(=O)Nc3ccc(NC(=O)NCCOCCOCCOCCC=O)cc3)c2)c1. The Kier molecular flexibility index (Phi) is 19.7. The van der Waals surface area contributed by atoms with Gasteiger partial charge < -0.3 is 60.6 Å². The molecule has 2 unspecified atom stereocenters. The van der Waals surface area contributed by atoms with Gasteiger partial charge in [-0.25, -0.2) is 19.1 Å². The van der Waals surface area contributed by atoms with Crippen LogP contribution in [-0.4, -0.2) is 92.7 Å². The van der Waals surface area contributed by atoms with Crippen LogP contribution in [-0.2, 0) is 35.2 Å². The van der Waals surface area contributed by atoms with Crippen LogP contribution in [0.5, 0.6) is 0 Å². The molecular formula is C36H47N7O10S. The molecule has 2 atom stereocenters. The number of aliphatic carboxylic acids is 1. The number of carboxylic acid groups (broad SMARTS) is 1. The highest BCUT2D eigenvalue weighted by atomic mass is 32.2. The minimum absolute atomic E-state index is 0.265. The Morgan fingerprint density at radius 2 is 1.30 bits per heavy atom. The molecule has 8 N–H and O–H groups in total. The Morgan fingerprint density at radius 1 is 0.722 bits per heavy atom. The van der Waals surface area contributed by atoms with Crippen molar-refractivity contribution >= 4 is 64.5 Å². The third-order valence-electron chi connectivity index (χ3n) is 7.08. The van der Waals surface area contributed by atoms with Gasteiger partial charge in [-0.15, -0.1) is 0 Å². The summed E-state index contributed by atoms with van der Waals surface area (Å²) < 4.78 is 31.9. The zero-order valence-corrected chi connectivity index (χ0v) is 30.7. The maximum absolute atomic E-state index is 13.1. The van der Waals surface area contributed by atoms with Crippen molar-refractivity contribution in [1.29, 1.82) is 0 Å². The maximum Gasteiger partial charge on any atom is 0.319 e. The average Bonchev–Trinajstić information content (AvgIpc) is 3.15. The van der Waals surface area contributed by atoms with Gasteiger partial charge in [0.05, 0.1) is 57.8 Å². The van der Waals surface area contributed by atoms with Gasteiger partial charge in [-0.1, -0.05) is 25.1 Å². The summed E-state index contributed by atoms with van der Waals surface area (Å²) in [6, 6.07) is 17.0. The molecule has 0 aliphatic heterocycles. The van der Waals surface area contributed by atoms with E-state index in [9.17, 15) is 33.6 Å². The highest BCUT2D eigenvalue weighted by molar-refractivity contribution is 7.92. The van der Waals surface area contributed by atoms with Gasteiger partial charge in [-0.3, -0.25) is 4.79 Å². The number of urea groups is 3. The second-order valence-corrected chi connectivity index (χ2v) is 12.6. The monoisotopic (exact) mass is 769 g/mol. The topological polar surface area (TPSA) is 241 Å². The molecule has 0 aromatic heterocycles. The van der Waals surface area contributed by atoms with Crippen molar-refractivity contribution in [3.63, 3.8) is 0 Å². The number of benzene rings is 3. The molecule has 0 saturated carbocycles. The summed E-state index contributed by atoms with van der Waals surface area (Å²) in [4.78, 5) is 59.5. The molecule has 3 aromatic rings. The fourth-order valence-corrected chi connectivity index (χ4v) is 5.46. The number of hydrogen-bond acceptors (Lipinski definition) is 10. The first-order chi connectivity index (χ1) is 26.2. The van der Waals surface area contributed by atoms with Crippen LogP contribution in [0.25, 0.3) is 0 Å². The number of carbonyl (C=O) groups is 5. The molecule has 0 saturated heterocycles. The third-order valence-corrected chi connectivity index (χ3v) is 8.18. The van der Waals surface area contributed by atoms with Crippen LogP contribution < -0.4 is 36.6 Å². The molecule has 3 rings (SSSR count). The van der Waals surface area contributed by atoms with E-state index in [1.165, 1.54) is 0 Å². The van der Waals surface area contributed by atoms with Gasteiger partial charge in [0, 0.05) is 42.6 Å². The van der Waals surface area contributed by atoms with Crippen molar-refractivity contribution in [2.45, 2.75) is 37.1 Å². The lowest BCUT2D eigenvalue weighted by Gasteiger charge is -2.19. The molecule has 0 radical (unpaired) electrons. The largest absolute Gasteiger partial charge is 0.588 e. The van der Waals surface area contributed by atoms with E-state index in [1.54, 1.807) is 72.8 Å². The van der Waals surface area contributed by atoms with Gasteiger partial charge in [0.25, 0.3) is 0 Å². The van der Waals surface area contributed by atoms with E-state index < -0.39 is 41.9 Å². The molecular weight excluding hydrogens is 723 g/mol. The summed E-state index contributed by atoms with van der Waals surface area (Å²) in [5.41, 5.74) is 2.19. The van der Waals surface area contributed by atoms with E-state index in [4.69, 9.17) is 14.2 Å². The average molecular weight is 770 g/mol. The minimum Gasteiger partial charge on any atom is -0.588 e. The van der Waals surface area contributed by atoms with Crippen molar-refractivity contribution in [2.24, 2.45) is 0 Å². The summed E-state index contributed by atoms with van der Waals surface area (Å²) >= 11 is -1.73. The van der Waals surface area contributed by atoms with Crippen LogP contribution in [0.15, 0.2) is 77.7 Å². The summed E-state index contributed by atoms with van der Waals surface area (Å²) in [5, 5.41) is 25.6. The fraction of sp³-hybridized carbons (Fsp3) is 0.361. The summed E-state index contributed by atoms with van der Waals surface area (Å²) in [6.07, 6.45) is 1.50. The van der Waals surface area contributed by atoms with Crippen LogP contribution in [0.4, 0.5) is 37.1 Å². The third kappa shape index (κ3) is 17.4. The quantitative estimate of drug-likeness (QED) is 0.0360. The minimum atomic E-state index is -1.73. The second-order valence-electron chi connectivity index (χ2n) is 11.4. The maximum atomic E-state index is 13.1. The normalized spacial score (nSPS) is 11.7. The fourth-order valence-electron chi connectivity index (χ4n) is 4.56. The van der Waals surface area contributed by atoms with Crippen LogP contribution in [0.3, 0.4) is 0 Å². The predicted molar refractivity (Wildman–Crippen MR) is 204 cm³/mol. The Balaban J connectivity index is 1.44. The number of carbonyl (C=O) groups excluding carboxylic acids is 4. The lowest BCUT2D eigenvalue weighted by atomic mass is 10.0. The van der Waals surface area contributed by atoms with Crippen molar-refractivity contribution in [3.05, 3.63) is 78.4 Å². The van der Waals surface area contributed by atoms with E-state index >= 15 is 0 Å². The number of carboxylic acids is 1. The molecule has 17 nitrogen and oxygen atoms in total. The molecule has 0 aliphatic rings. The first-order valence-electron chi connectivity index (χ1n) is 17.2. The molecule has 0 spiro atoms. The van der Waals surface area contributed by atoms with Crippen molar-refractivity contribution < 1.29 is 47.8 Å². The highest BCUT2D eigenvalue weighted by Crippen LogP contribution is 2.24. The lowest BCUT2D eigenvalue weighted by molar-refractivity contribution is -0.137. The first kappa shape index (κ1) is 43.0. The van der Waals surface area contributed by atoms with Crippen LogP contribution >= 0.6 is 0 Å². The molecule has 18 heteroatoms. The summed E-state index contributed by atoms with van der Waals surface area (Å²) in [6.45, 7) is 4.87. The number of ether oxygens (including phenoxy) is 3. The number of nitrogens with one attached hydrogen (secondary N) is 7. The van der Waals surface area contributed by atoms with Gasteiger partial charge in [0.2, 0.25) is 0 Å². The van der Waals surface area contributed by atoms with E-state index in [1.807, 2.05) is 6.92 Å². The van der Waals surface area contributed by atoms with Crippen molar-refractivity contribution in [3.8, 4) is 0 Å². The Hall–Kier alpha value is -5.40. The van der Waals surface area contributed by atoms with Crippen molar-refractivity contribution in [1.82, 2.24) is 16.0 Å². The van der Waals surface area contributed by atoms with E-state index in [2.05, 4.69) is 36.6 Å². The number of anilines is 4. The van der Waals surface area contributed by atoms with Crippen molar-refractivity contribution in [2.75, 3.05) is 73.4 Å². The zero-order valence-electron chi connectivity index (χ0n) is 29.9. The standard InChI is InChI=1S/C36H47N7O10S/c1-2-14-37-34(47)41-29-7-4-9-31(24-29)54(50)43-30-8-3-6-26(23-30)32(25-33(45)46)42-36(49)40-28-12-10-27(11-13-28)39-35(48)38-15-18-52-20-22-53-21-19-51-17-5-16-44/h3-4,6-13,16,23-24,32,43H,2,5,14-15,17-22,25H2,1H3,(H,45,46)(H2,37,41,47)(H2,38,39,48)(H2,40,42,49). The van der Waals surface area contributed by atoms with Gasteiger partial charge in [0.15, 0.2) is 4.90 Å². The smallest absolute Gasteiger partial charge is 0.319 e. The molecule has 0 aliphatic carbocycles. The Bertz CT molecular complexity index is 1630. The number of rotatable bonds is 24. The van der Waals surface area contributed by atoms with E-state index in [0.29, 0.717) is 79.2 Å². The molecule has 0 fully saturated rings. The lowest BCUT2D eigenvalue weighted by Crippen LogP contribution is -2.34. The summed E-state index contributed by atoms with van der Waals surface area (Å²) in [5.74, 6) is -1.14. The predicted octanol–water partition coefficient (Wildman–Crippen LogP) is 4.45. The number of aldehydes is 1. The highest BCUT2D eigenvalue weighted by Gasteiger charge is 2.20. The van der Waals surface area contributed by atoms with Gasteiger partial charge in [-0.2, -0.15) is 0 Å². The number of hydrogen-bond donors (Lipinski definition) is 8. The summed E-state index contributed by atoms with van der Waals surface area (Å²) in [7, 11) is 0. The molecule has 292 valence electrons. The molecule has 6 amide bonds. The zero-order chi connectivity index (χ0) is 39.0. The van der Waals surface area contributed by atoms with Crippen LogP contribution in [0.1, 0.15) is 37.8 Å². The second kappa shape index (κ2) is 24.8. The van der Waals surface area contributed by atoms with Gasteiger partial charge >= 0.3 is 24.1 Å². The molecule has 3 aromatic carbocycles. The van der Waals surface area contributed by atoms with Gasteiger partial charge in [-0.05, 0) is 60.5 Å². The Morgan fingerprint density at radius 3 is 1.94 bits per heavy atom. The van der Waals surface area contributed by atoms with E-state index in [0.717, 1.165) is 12.7 Å². The van der Waals surface area contributed by atoms with Crippen LogP contribution in [0.2, 0.25) is 0 Å². The van der Waals surface area contributed by atoms with Gasteiger partial charge in [0.1, 0.15) is 17.6 Å². The van der Waals surface area contributed by atoms with E-state index in [-0.39, 0.29) is 19.2 Å². The molecule has 0 heterocycles. The molecule has 0 bridgehead atoms.